The number of carbonyl (C=O) groups is 2. The van der Waals surface area contributed by atoms with Crippen LogP contribution >= 0.6 is 0 Å². The van der Waals surface area contributed by atoms with Gasteiger partial charge in [0.05, 0.1) is 18.8 Å². The molecule has 0 saturated carbocycles. The van der Waals surface area contributed by atoms with Crippen LogP contribution in [0.25, 0.3) is 0 Å². The molecule has 7 heteroatoms. The fourth-order valence-corrected chi connectivity index (χ4v) is 2.03. The molecule has 1 amide bonds. The zero-order chi connectivity index (χ0) is 18.1. The Morgan fingerprint density at radius 2 is 1.68 bits per heavy atom. The van der Waals surface area contributed by atoms with Gasteiger partial charge in [-0.1, -0.05) is 0 Å². The highest BCUT2D eigenvalue weighted by atomic mass is 16.5. The minimum absolute atomic E-state index is 0.336. The number of nitrogens with zero attached hydrogens (tertiary/aromatic N) is 1. The molecule has 0 bridgehead atoms. The summed E-state index contributed by atoms with van der Waals surface area (Å²) < 4.78 is 15.9. The Kier molecular flexibility index (Phi) is 6.76. The van der Waals surface area contributed by atoms with E-state index >= 15 is 0 Å². The molecule has 0 radical (unpaired) electrons. The van der Waals surface area contributed by atoms with Gasteiger partial charge in [-0.15, -0.1) is 0 Å². The smallest absolute Gasteiger partial charge is 0.338 e. The van der Waals surface area contributed by atoms with E-state index < -0.39 is 18.5 Å². The lowest BCUT2D eigenvalue weighted by molar-refractivity contribution is -0.119. The molecule has 2 aromatic rings. The second-order valence-electron chi connectivity index (χ2n) is 4.89. The van der Waals surface area contributed by atoms with Gasteiger partial charge in [-0.25, -0.2) is 4.79 Å². The van der Waals surface area contributed by atoms with Gasteiger partial charge >= 0.3 is 5.97 Å². The number of anilines is 1. The highest BCUT2D eigenvalue weighted by Gasteiger charge is 2.12. The Labute approximate surface area is 145 Å². The molecule has 0 aliphatic rings. The van der Waals surface area contributed by atoms with Crippen molar-refractivity contribution in [1.82, 2.24) is 4.98 Å². The van der Waals surface area contributed by atoms with Gasteiger partial charge < -0.3 is 19.5 Å². The first kappa shape index (κ1) is 18.3. The van der Waals surface area contributed by atoms with Crippen molar-refractivity contribution >= 4 is 17.6 Å². The predicted octanol–water partition coefficient (Wildman–Crippen LogP) is 2.67. The summed E-state index contributed by atoms with van der Waals surface area (Å²) in [6.07, 6.45) is 2.96. The molecule has 0 saturated heterocycles. The standard InChI is InChI=1S/C18H20N2O5/c1-3-23-15-6-5-14(11-16(15)24-4-2)20-17(21)12-25-18(22)13-7-9-19-10-8-13/h5-11H,3-4,12H2,1-2H3,(H,20,21). The number of aromatic nitrogens is 1. The van der Waals surface area contributed by atoms with Crippen molar-refractivity contribution in [3.63, 3.8) is 0 Å². The lowest BCUT2D eigenvalue weighted by atomic mass is 10.2. The van der Waals surface area contributed by atoms with E-state index in [-0.39, 0.29) is 0 Å². The highest BCUT2D eigenvalue weighted by molar-refractivity contribution is 5.95. The minimum Gasteiger partial charge on any atom is -0.490 e. The number of amides is 1. The van der Waals surface area contributed by atoms with E-state index in [9.17, 15) is 9.59 Å². The van der Waals surface area contributed by atoms with Crippen LogP contribution in [0.4, 0.5) is 5.69 Å². The number of esters is 1. The van der Waals surface area contributed by atoms with Gasteiger partial charge in [0.15, 0.2) is 18.1 Å². The van der Waals surface area contributed by atoms with Crippen molar-refractivity contribution in [2.75, 3.05) is 25.1 Å². The SMILES string of the molecule is CCOc1ccc(NC(=O)COC(=O)c2ccncc2)cc1OCC. The summed E-state index contributed by atoms with van der Waals surface area (Å²) in [4.78, 5) is 27.6. The van der Waals surface area contributed by atoms with Crippen LogP contribution in [0, 0.1) is 0 Å². The van der Waals surface area contributed by atoms with Crippen molar-refractivity contribution in [2.24, 2.45) is 0 Å². The first-order chi connectivity index (χ1) is 12.1. The average Bonchev–Trinajstić information content (AvgIpc) is 2.63. The van der Waals surface area contributed by atoms with Crippen LogP contribution < -0.4 is 14.8 Å². The fraction of sp³-hybridized carbons (Fsp3) is 0.278. The molecule has 0 unspecified atom stereocenters. The number of hydrogen-bond donors (Lipinski definition) is 1. The van der Waals surface area contributed by atoms with E-state index in [0.717, 1.165) is 0 Å². The Balaban J connectivity index is 1.93. The number of nitrogens with one attached hydrogen (secondary N) is 1. The van der Waals surface area contributed by atoms with Gasteiger partial charge in [-0.2, -0.15) is 0 Å². The van der Waals surface area contributed by atoms with Gasteiger partial charge in [-0.05, 0) is 38.1 Å². The summed E-state index contributed by atoms with van der Waals surface area (Å²) >= 11 is 0. The zero-order valence-electron chi connectivity index (χ0n) is 14.2. The number of carbonyl (C=O) groups excluding carboxylic acids is 2. The maximum atomic E-state index is 12.0. The summed E-state index contributed by atoms with van der Waals surface area (Å²) in [5, 5.41) is 2.65. The molecule has 1 heterocycles. The summed E-state index contributed by atoms with van der Waals surface area (Å²) in [6.45, 7) is 4.33. The van der Waals surface area contributed by atoms with Crippen LogP contribution in [0.5, 0.6) is 11.5 Å². The Morgan fingerprint density at radius 1 is 1.00 bits per heavy atom. The van der Waals surface area contributed by atoms with Gasteiger partial charge in [0.25, 0.3) is 5.91 Å². The van der Waals surface area contributed by atoms with Gasteiger partial charge in [-0.3, -0.25) is 9.78 Å². The van der Waals surface area contributed by atoms with E-state index in [1.54, 1.807) is 18.2 Å². The van der Waals surface area contributed by atoms with Crippen LogP contribution in [0.15, 0.2) is 42.7 Å². The largest absolute Gasteiger partial charge is 0.490 e. The minimum atomic E-state index is -0.584. The first-order valence-corrected chi connectivity index (χ1v) is 7.90. The van der Waals surface area contributed by atoms with Crippen molar-refractivity contribution in [2.45, 2.75) is 13.8 Å². The van der Waals surface area contributed by atoms with Crippen LogP contribution in [0.1, 0.15) is 24.2 Å². The molecule has 25 heavy (non-hydrogen) atoms. The van der Waals surface area contributed by atoms with Gasteiger partial charge in [0.2, 0.25) is 0 Å². The number of rotatable bonds is 8. The number of pyridine rings is 1. The first-order valence-electron chi connectivity index (χ1n) is 7.90. The molecular formula is C18H20N2O5. The van der Waals surface area contributed by atoms with Crippen LogP contribution in [-0.4, -0.2) is 36.7 Å². The lowest BCUT2D eigenvalue weighted by Gasteiger charge is -2.13. The summed E-state index contributed by atoms with van der Waals surface area (Å²) in [5.41, 5.74) is 0.861. The fourth-order valence-electron chi connectivity index (χ4n) is 2.03. The normalized spacial score (nSPS) is 10.0. The molecule has 0 aliphatic heterocycles. The second kappa shape index (κ2) is 9.27. The molecule has 132 valence electrons. The molecule has 0 fully saturated rings. The Morgan fingerprint density at radius 3 is 2.36 bits per heavy atom. The maximum absolute atomic E-state index is 12.0. The number of hydrogen-bond acceptors (Lipinski definition) is 6. The van der Waals surface area contributed by atoms with Crippen LogP contribution in [0.3, 0.4) is 0 Å². The third kappa shape index (κ3) is 5.49. The van der Waals surface area contributed by atoms with Crippen LogP contribution in [-0.2, 0) is 9.53 Å². The second-order valence-corrected chi connectivity index (χ2v) is 4.89. The van der Waals surface area contributed by atoms with Gasteiger partial charge in [0.1, 0.15) is 0 Å². The van der Waals surface area contributed by atoms with Crippen molar-refractivity contribution < 1.29 is 23.8 Å². The van der Waals surface area contributed by atoms with E-state index in [1.807, 2.05) is 13.8 Å². The molecule has 1 aromatic carbocycles. The third-order valence-electron chi connectivity index (χ3n) is 3.08. The van der Waals surface area contributed by atoms with Crippen molar-refractivity contribution in [1.29, 1.82) is 0 Å². The monoisotopic (exact) mass is 344 g/mol. The topological polar surface area (TPSA) is 86.8 Å². The third-order valence-corrected chi connectivity index (χ3v) is 3.08. The molecule has 1 aromatic heterocycles. The van der Waals surface area contributed by atoms with E-state index in [1.165, 1.54) is 24.5 Å². The maximum Gasteiger partial charge on any atom is 0.338 e. The van der Waals surface area contributed by atoms with E-state index in [0.29, 0.717) is 36.0 Å². The predicted molar refractivity (Wildman–Crippen MR) is 91.9 cm³/mol. The average molecular weight is 344 g/mol. The zero-order valence-corrected chi connectivity index (χ0v) is 14.2. The van der Waals surface area contributed by atoms with Gasteiger partial charge in [0, 0.05) is 24.1 Å². The Bertz CT molecular complexity index is 719. The molecule has 0 aliphatic carbocycles. The van der Waals surface area contributed by atoms with E-state index in [4.69, 9.17) is 14.2 Å². The van der Waals surface area contributed by atoms with E-state index in [2.05, 4.69) is 10.3 Å². The van der Waals surface area contributed by atoms with Crippen molar-refractivity contribution in [3.05, 3.63) is 48.3 Å². The molecule has 0 atom stereocenters. The molecule has 2 rings (SSSR count). The summed E-state index contributed by atoms with van der Waals surface area (Å²) in [6, 6.07) is 8.10. The highest BCUT2D eigenvalue weighted by Crippen LogP contribution is 2.30. The van der Waals surface area contributed by atoms with Crippen molar-refractivity contribution in [3.8, 4) is 11.5 Å². The summed E-state index contributed by atoms with van der Waals surface area (Å²) in [5.74, 6) is 0.107. The molecule has 1 N–H and O–H groups in total. The number of benzene rings is 1. The Hall–Kier alpha value is -3.09. The molecule has 7 nitrogen and oxygen atoms in total. The molecule has 0 spiro atoms. The quantitative estimate of drug-likeness (QED) is 0.741. The summed E-state index contributed by atoms with van der Waals surface area (Å²) in [7, 11) is 0. The molecular weight excluding hydrogens is 324 g/mol. The lowest BCUT2D eigenvalue weighted by Crippen LogP contribution is -2.21. The number of ether oxygens (including phenoxy) is 3. The van der Waals surface area contributed by atoms with Crippen LogP contribution in [0.2, 0.25) is 0 Å².